The fourth-order valence-electron chi connectivity index (χ4n) is 2.81. The van der Waals surface area contributed by atoms with E-state index in [1.807, 2.05) is 0 Å². The van der Waals surface area contributed by atoms with Crippen molar-refractivity contribution in [2.75, 3.05) is 7.05 Å². The fraction of sp³-hybridized carbons (Fsp3) is 0.235. The number of pyridine rings is 1. The normalized spacial score (nSPS) is 15.4. The first-order chi connectivity index (χ1) is 14.3. The summed E-state index contributed by atoms with van der Waals surface area (Å²) in [6.07, 6.45) is 3.57. The molecule has 0 radical (unpaired) electrons. The van der Waals surface area contributed by atoms with E-state index in [1.54, 1.807) is 0 Å². The van der Waals surface area contributed by atoms with Gasteiger partial charge < -0.3 is 19.5 Å². The van der Waals surface area contributed by atoms with E-state index in [9.17, 15) is 37.7 Å². The Balaban J connectivity index is 0. The number of hydrogen-bond donors (Lipinski definition) is 0. The molecule has 2 rings (SSSR count). The van der Waals surface area contributed by atoms with Gasteiger partial charge in [-0.1, -0.05) is 12.2 Å². The number of allylic oxidation sites excluding steroid dienone is 2. The minimum Gasteiger partial charge on any atom is -0.860 e. The Kier molecular flexibility index (Phi) is 15.9. The summed E-state index contributed by atoms with van der Waals surface area (Å²) in [6.45, 7) is 2.55. The average Bonchev–Trinajstić information content (AvgIpc) is 2.68. The maximum atomic E-state index is 12.4. The smallest absolute Gasteiger partial charge is 0.860 e. The second-order valence-corrected chi connectivity index (χ2v) is 8.30. The topological polar surface area (TPSA) is 181 Å². The zero-order valence-corrected chi connectivity index (χ0v) is 27.2. The summed E-state index contributed by atoms with van der Waals surface area (Å²) < 4.78 is 39.3. The van der Waals surface area contributed by atoms with Gasteiger partial charge >= 0.3 is 88.7 Å². The van der Waals surface area contributed by atoms with E-state index in [1.165, 1.54) is 26.1 Å². The van der Waals surface area contributed by atoms with Crippen LogP contribution >= 0.6 is 12.0 Å². The van der Waals surface area contributed by atoms with Gasteiger partial charge in [-0.15, -0.1) is 0 Å². The molecule has 0 aliphatic carbocycles. The molecule has 17 heteroatoms. The molecule has 0 N–H and O–H groups in total. The number of likely N-dealkylation sites (N-methyl/N-ethyl adjacent to an activating group) is 1. The number of aromatic nitrogens is 1. The monoisotopic (exact) mass is 540 g/mol. The number of rotatable bonds is 6. The van der Waals surface area contributed by atoms with Gasteiger partial charge in [-0.05, 0) is 42.5 Å². The summed E-state index contributed by atoms with van der Waals surface area (Å²) in [5, 5.41) is 25.7. The van der Waals surface area contributed by atoms with Gasteiger partial charge in [0.25, 0.3) is 17.4 Å². The number of nitrogens with zero attached hydrogens (tertiary/aromatic N) is 2. The SMILES string of the molecule is CC1=C(S(=O)(=O)[O-])C(=O)N(C)C(=O)/C1=C\C=C\c1c(C)c(SOO[O-])c(=O)n(C)c1[O-].[Na+].[Na+].[Na+]. The average molecular weight is 540 g/mol. The first kappa shape index (κ1) is 36.4. The van der Waals surface area contributed by atoms with Crippen LogP contribution in [-0.2, 0) is 36.1 Å². The molecule has 12 nitrogen and oxygen atoms in total. The maximum absolute atomic E-state index is 12.4. The Hall–Kier alpha value is 0.250. The van der Waals surface area contributed by atoms with Crippen LogP contribution in [0.3, 0.4) is 0 Å². The summed E-state index contributed by atoms with van der Waals surface area (Å²) in [7, 11) is -2.93. The van der Waals surface area contributed by atoms with Crippen LogP contribution < -0.4 is 105 Å². The largest absolute Gasteiger partial charge is 1.00 e. The van der Waals surface area contributed by atoms with Crippen molar-refractivity contribution in [2.24, 2.45) is 7.05 Å². The maximum Gasteiger partial charge on any atom is 1.00 e. The molecule has 1 aromatic rings. The summed E-state index contributed by atoms with van der Waals surface area (Å²) >= 11 is 0.313. The van der Waals surface area contributed by atoms with Crippen molar-refractivity contribution in [3.8, 4) is 5.88 Å². The molecule has 168 valence electrons. The van der Waals surface area contributed by atoms with Crippen LogP contribution in [0.1, 0.15) is 18.1 Å². The van der Waals surface area contributed by atoms with Crippen molar-refractivity contribution in [3.05, 3.63) is 49.7 Å². The van der Waals surface area contributed by atoms with E-state index in [4.69, 9.17) is 0 Å². The Labute approximate surface area is 265 Å². The van der Waals surface area contributed by atoms with Gasteiger partial charge in [0, 0.05) is 19.7 Å². The molecule has 1 aromatic heterocycles. The van der Waals surface area contributed by atoms with Crippen LogP contribution in [-0.4, -0.2) is 41.3 Å². The molecule has 0 saturated heterocycles. The van der Waals surface area contributed by atoms with Crippen molar-refractivity contribution in [2.45, 2.75) is 18.7 Å². The van der Waals surface area contributed by atoms with Gasteiger partial charge in [-0.2, -0.15) is 4.33 Å². The van der Waals surface area contributed by atoms with Crippen molar-refractivity contribution in [3.63, 3.8) is 0 Å². The van der Waals surface area contributed by atoms with Gasteiger partial charge in [-0.25, -0.2) is 8.42 Å². The van der Waals surface area contributed by atoms with Crippen LogP contribution in [0.5, 0.6) is 5.88 Å². The number of carbonyl (C=O) groups is 2. The first-order valence-electron chi connectivity index (χ1n) is 8.26. The third-order valence-corrected chi connectivity index (χ3v) is 6.23. The van der Waals surface area contributed by atoms with Crippen molar-refractivity contribution in [1.29, 1.82) is 0 Å². The van der Waals surface area contributed by atoms with Gasteiger partial charge in [-0.3, -0.25) is 24.3 Å². The minimum absolute atomic E-state index is 0. The van der Waals surface area contributed by atoms with E-state index >= 15 is 0 Å². The summed E-state index contributed by atoms with van der Waals surface area (Å²) in [5.74, 6) is -2.78. The second-order valence-electron chi connectivity index (χ2n) is 6.27. The molecule has 0 aromatic carbocycles. The third-order valence-electron chi connectivity index (χ3n) is 4.48. The predicted molar refractivity (Wildman–Crippen MR) is 101 cm³/mol. The molecule has 0 saturated carbocycles. The predicted octanol–water partition coefficient (Wildman–Crippen LogP) is -10.2. The molecule has 1 aliphatic heterocycles. The van der Waals surface area contributed by atoms with Crippen LogP contribution in [0.15, 0.2) is 37.9 Å². The van der Waals surface area contributed by atoms with Gasteiger partial charge in [0.2, 0.25) is 0 Å². The van der Waals surface area contributed by atoms with Crippen molar-refractivity contribution in [1.82, 2.24) is 9.47 Å². The summed E-state index contributed by atoms with van der Waals surface area (Å²) in [4.78, 5) is 35.9. The molecular weight excluding hydrogens is 525 g/mol. The number of amides is 2. The van der Waals surface area contributed by atoms with Gasteiger partial charge in [0.05, 0.1) is 12.0 Å². The van der Waals surface area contributed by atoms with Crippen LogP contribution in [0.25, 0.3) is 6.08 Å². The van der Waals surface area contributed by atoms with Gasteiger partial charge in [0.1, 0.15) is 19.9 Å². The molecule has 2 heterocycles. The number of imide groups is 1. The number of hydrogen-bond acceptors (Lipinski definition) is 11. The molecule has 2 amide bonds. The Morgan fingerprint density at radius 2 is 1.59 bits per heavy atom. The zero-order chi connectivity index (χ0) is 23.7. The van der Waals surface area contributed by atoms with Crippen molar-refractivity contribution < 1.29 is 131 Å². The third kappa shape index (κ3) is 7.63. The molecule has 0 atom stereocenters. The Bertz CT molecular complexity index is 1220. The van der Waals surface area contributed by atoms with E-state index < -0.39 is 38.3 Å². The fourth-order valence-corrected chi connectivity index (χ4v) is 4.19. The van der Waals surface area contributed by atoms with Gasteiger partial charge in [0.15, 0.2) is 0 Å². The Morgan fingerprint density at radius 3 is 2.09 bits per heavy atom. The van der Waals surface area contributed by atoms with E-state index in [-0.39, 0.29) is 116 Å². The van der Waals surface area contributed by atoms with Crippen molar-refractivity contribution >= 4 is 40.1 Å². The summed E-state index contributed by atoms with van der Waals surface area (Å²) in [5.41, 5.74) is -1.15. The first-order valence-corrected chi connectivity index (χ1v) is 10.4. The molecule has 1 aliphatic rings. The standard InChI is InChI=1S/C17H18N2O10S2.3Na/c1-8-10(14(20)18(3)16(22)12(8)30-29-28-24)6-5-7-11-9(2)13(31(25,26)27)17(23)19(4)15(11)21;;;/h5-7,20,24H,1-4H3,(H,25,26,27);;;/q;3*+1/p-3/b6-5+,11-7-;;;. The zero-order valence-electron chi connectivity index (χ0n) is 19.5. The van der Waals surface area contributed by atoms with Crippen LogP contribution in [0.2, 0.25) is 0 Å². The van der Waals surface area contributed by atoms with E-state index in [0.717, 1.165) is 24.6 Å². The van der Waals surface area contributed by atoms with E-state index in [0.29, 0.717) is 16.9 Å². The second kappa shape index (κ2) is 14.9. The van der Waals surface area contributed by atoms with Crippen LogP contribution in [0.4, 0.5) is 0 Å². The van der Waals surface area contributed by atoms with E-state index in [2.05, 4.69) is 9.37 Å². The summed E-state index contributed by atoms with van der Waals surface area (Å²) in [6, 6.07) is 0. The quantitative estimate of drug-likeness (QED) is 0.0636. The molecule has 0 bridgehead atoms. The minimum atomic E-state index is -5.15. The molecule has 0 spiro atoms. The molecule has 0 unspecified atom stereocenters. The number of carbonyl (C=O) groups excluding carboxylic acids is 2. The Morgan fingerprint density at radius 1 is 1.03 bits per heavy atom. The molecule has 0 fully saturated rings. The molecule has 34 heavy (non-hydrogen) atoms. The molecular formula is C17H15N2Na3O10S2. The van der Waals surface area contributed by atoms with Crippen LogP contribution in [0, 0.1) is 6.92 Å².